The number of carbonyl (C=O) groups excluding carboxylic acids is 2. The first-order valence-corrected chi connectivity index (χ1v) is 12.3. The lowest BCUT2D eigenvalue weighted by Crippen LogP contribution is -2.42. The van der Waals surface area contributed by atoms with Crippen molar-refractivity contribution < 1.29 is 19.4 Å². The van der Waals surface area contributed by atoms with Crippen LogP contribution < -0.4 is 0 Å². The summed E-state index contributed by atoms with van der Waals surface area (Å²) < 4.78 is 7.11. The molecule has 1 aromatic heterocycles. The molecule has 0 spiro atoms. The predicted molar refractivity (Wildman–Crippen MR) is 136 cm³/mol. The van der Waals surface area contributed by atoms with Crippen LogP contribution in [0.5, 0.6) is 0 Å². The second kappa shape index (κ2) is 10.3. The van der Waals surface area contributed by atoms with E-state index < -0.39 is 17.7 Å². The molecule has 186 valence electrons. The van der Waals surface area contributed by atoms with Gasteiger partial charge >= 0.3 is 0 Å². The molecule has 3 aromatic rings. The van der Waals surface area contributed by atoms with Gasteiger partial charge in [-0.2, -0.15) is 5.10 Å². The maximum atomic E-state index is 13.3. The first kappa shape index (κ1) is 24.2. The molecule has 2 aliphatic rings. The van der Waals surface area contributed by atoms with Gasteiger partial charge in [0, 0.05) is 31.2 Å². The minimum Gasteiger partial charge on any atom is -0.507 e. The van der Waals surface area contributed by atoms with Crippen LogP contribution in [0.1, 0.15) is 22.9 Å². The maximum Gasteiger partial charge on any atom is 0.295 e. The van der Waals surface area contributed by atoms with Crippen LogP contribution in [0.2, 0.25) is 5.02 Å². The summed E-state index contributed by atoms with van der Waals surface area (Å²) in [4.78, 5) is 30.3. The first-order valence-electron chi connectivity index (χ1n) is 11.9. The lowest BCUT2D eigenvalue weighted by molar-refractivity contribution is -0.140. The normalized spacial score (nSPS) is 20.3. The van der Waals surface area contributed by atoms with Crippen LogP contribution in [-0.2, 0) is 14.3 Å². The molecular weight excluding hydrogens is 480 g/mol. The topological polar surface area (TPSA) is 87.9 Å². The highest BCUT2D eigenvalue weighted by atomic mass is 35.5. The Labute approximate surface area is 214 Å². The highest BCUT2D eigenvalue weighted by Gasteiger charge is 2.46. The molecule has 0 saturated carbocycles. The second-order valence-corrected chi connectivity index (χ2v) is 9.33. The number of hydrogen-bond donors (Lipinski definition) is 1. The predicted octanol–water partition coefficient (Wildman–Crippen LogP) is 3.59. The Hall–Kier alpha value is -3.46. The zero-order valence-electron chi connectivity index (χ0n) is 19.9. The third kappa shape index (κ3) is 4.55. The fourth-order valence-electron chi connectivity index (χ4n) is 4.82. The number of aliphatic hydroxyl groups is 1. The van der Waals surface area contributed by atoms with Gasteiger partial charge in [-0.3, -0.25) is 14.5 Å². The second-order valence-electron chi connectivity index (χ2n) is 8.89. The molecule has 2 aliphatic heterocycles. The summed E-state index contributed by atoms with van der Waals surface area (Å²) in [5.41, 5.74) is 2.59. The molecule has 0 aliphatic carbocycles. The van der Waals surface area contributed by atoms with E-state index in [-0.39, 0.29) is 11.3 Å². The van der Waals surface area contributed by atoms with Gasteiger partial charge in [0.05, 0.1) is 48.0 Å². The molecule has 2 fully saturated rings. The van der Waals surface area contributed by atoms with Crippen molar-refractivity contribution in [2.24, 2.45) is 0 Å². The van der Waals surface area contributed by atoms with Gasteiger partial charge < -0.3 is 14.7 Å². The number of likely N-dealkylation sites (tertiary alicyclic amines) is 1. The quantitative estimate of drug-likeness (QED) is 0.312. The first-order chi connectivity index (χ1) is 17.5. The largest absolute Gasteiger partial charge is 0.507 e. The van der Waals surface area contributed by atoms with Gasteiger partial charge in [0.2, 0.25) is 0 Å². The van der Waals surface area contributed by atoms with E-state index in [1.165, 1.54) is 11.1 Å². The Balaban J connectivity index is 1.56. The third-order valence-electron chi connectivity index (χ3n) is 6.73. The Morgan fingerprint density at radius 3 is 2.56 bits per heavy atom. The maximum absolute atomic E-state index is 13.3. The minimum atomic E-state index is -0.760. The number of nitrogens with zero attached hydrogens (tertiary/aromatic N) is 4. The summed E-state index contributed by atoms with van der Waals surface area (Å²) in [6, 6.07) is 15.8. The van der Waals surface area contributed by atoms with E-state index in [1.54, 1.807) is 22.9 Å². The molecule has 2 aromatic carbocycles. The number of para-hydroxylation sites is 1. The summed E-state index contributed by atoms with van der Waals surface area (Å²) in [7, 11) is 0. The monoisotopic (exact) mass is 506 g/mol. The van der Waals surface area contributed by atoms with Crippen LogP contribution in [0.25, 0.3) is 11.4 Å². The summed E-state index contributed by atoms with van der Waals surface area (Å²) in [6.07, 6.45) is 1.52. The zero-order valence-corrected chi connectivity index (χ0v) is 20.7. The van der Waals surface area contributed by atoms with Crippen molar-refractivity contribution >= 4 is 29.1 Å². The third-order valence-corrected chi connectivity index (χ3v) is 6.97. The number of rotatable bonds is 6. The lowest BCUT2D eigenvalue weighted by atomic mass is 9.95. The van der Waals surface area contributed by atoms with Crippen molar-refractivity contribution in [2.45, 2.75) is 13.0 Å². The van der Waals surface area contributed by atoms with Crippen LogP contribution in [0.4, 0.5) is 0 Å². The van der Waals surface area contributed by atoms with E-state index in [0.717, 1.165) is 18.8 Å². The van der Waals surface area contributed by atoms with E-state index in [9.17, 15) is 14.7 Å². The minimum absolute atomic E-state index is 0.0416. The van der Waals surface area contributed by atoms with Gasteiger partial charge in [0.15, 0.2) is 0 Å². The summed E-state index contributed by atoms with van der Waals surface area (Å²) >= 11 is 6.28. The Morgan fingerprint density at radius 2 is 1.83 bits per heavy atom. The van der Waals surface area contributed by atoms with Crippen LogP contribution in [0, 0.1) is 6.92 Å². The fourth-order valence-corrected chi connectivity index (χ4v) is 5.02. The smallest absolute Gasteiger partial charge is 0.295 e. The van der Waals surface area contributed by atoms with Gasteiger partial charge in [-0.1, -0.05) is 41.9 Å². The highest BCUT2D eigenvalue weighted by molar-refractivity contribution is 6.46. The van der Waals surface area contributed by atoms with Gasteiger partial charge in [0.1, 0.15) is 5.76 Å². The number of benzene rings is 2. The number of ether oxygens (including phenoxy) is 1. The molecule has 36 heavy (non-hydrogen) atoms. The molecule has 3 heterocycles. The molecule has 5 rings (SSSR count). The standard InChI is InChI=1S/C27H27ClN4O4/c1-18-22(17-29-32(18)21-8-3-2-4-9-21)25(33)23-24(19-6-5-7-20(28)16-19)31(27(35)26(23)34)11-10-30-12-14-36-15-13-30/h2-9,16-17,24,33H,10-15H2,1H3/t24-/m0/s1. The SMILES string of the molecule is Cc1c(C(O)=C2C(=O)C(=O)N(CCN3CCOCC3)[C@H]2c2cccc(Cl)c2)cnn1-c1ccccc1. The lowest BCUT2D eigenvalue weighted by Gasteiger charge is -2.31. The number of carbonyl (C=O) groups is 2. The number of halogens is 1. The number of morpholine rings is 1. The van der Waals surface area contributed by atoms with Crippen molar-refractivity contribution in [1.82, 2.24) is 19.6 Å². The number of hydrogen-bond acceptors (Lipinski definition) is 6. The van der Waals surface area contributed by atoms with Gasteiger partial charge in [-0.15, -0.1) is 0 Å². The van der Waals surface area contributed by atoms with Crippen molar-refractivity contribution in [3.05, 3.63) is 88.2 Å². The Bertz CT molecular complexity index is 1310. The molecule has 0 radical (unpaired) electrons. The molecule has 0 unspecified atom stereocenters. The molecule has 1 atom stereocenters. The van der Waals surface area contributed by atoms with Gasteiger partial charge in [-0.25, -0.2) is 4.68 Å². The number of Topliss-reactive ketones (excluding diaryl/α,β-unsaturated/α-hetero) is 1. The molecule has 8 nitrogen and oxygen atoms in total. The highest BCUT2D eigenvalue weighted by Crippen LogP contribution is 2.40. The van der Waals surface area contributed by atoms with Crippen molar-refractivity contribution in [3.63, 3.8) is 0 Å². The van der Waals surface area contributed by atoms with E-state index in [2.05, 4.69) is 10.00 Å². The fraction of sp³-hybridized carbons (Fsp3) is 0.296. The number of aliphatic hydroxyl groups excluding tert-OH is 1. The summed E-state index contributed by atoms with van der Waals surface area (Å²) in [5.74, 6) is -1.60. The number of amides is 1. The zero-order chi connectivity index (χ0) is 25.2. The van der Waals surface area contributed by atoms with E-state index in [1.807, 2.05) is 43.3 Å². The van der Waals surface area contributed by atoms with Crippen LogP contribution in [0.3, 0.4) is 0 Å². The van der Waals surface area contributed by atoms with Gasteiger partial charge in [0.25, 0.3) is 11.7 Å². The summed E-state index contributed by atoms with van der Waals surface area (Å²) in [5, 5.41) is 16.4. The Kier molecular flexibility index (Phi) is 6.91. The van der Waals surface area contributed by atoms with E-state index in [0.29, 0.717) is 48.1 Å². The summed E-state index contributed by atoms with van der Waals surface area (Å²) in [6.45, 7) is 5.56. The molecule has 2 saturated heterocycles. The van der Waals surface area contributed by atoms with Gasteiger partial charge in [-0.05, 0) is 36.8 Å². The van der Waals surface area contributed by atoms with E-state index >= 15 is 0 Å². The van der Waals surface area contributed by atoms with E-state index in [4.69, 9.17) is 16.3 Å². The molecule has 1 N–H and O–H groups in total. The van der Waals surface area contributed by atoms with Crippen LogP contribution >= 0.6 is 11.6 Å². The molecule has 1 amide bonds. The van der Waals surface area contributed by atoms with Crippen molar-refractivity contribution in [1.29, 1.82) is 0 Å². The Morgan fingerprint density at radius 1 is 1.08 bits per heavy atom. The van der Waals surface area contributed by atoms with Crippen LogP contribution in [0.15, 0.2) is 66.4 Å². The molecule has 9 heteroatoms. The molecular formula is C27H27ClN4O4. The molecule has 0 bridgehead atoms. The van der Waals surface area contributed by atoms with Crippen LogP contribution in [-0.4, -0.2) is 75.8 Å². The number of aromatic nitrogens is 2. The van der Waals surface area contributed by atoms with Crippen molar-refractivity contribution in [3.8, 4) is 5.69 Å². The number of ketones is 1. The average Bonchev–Trinajstić information content (AvgIpc) is 3.40. The van der Waals surface area contributed by atoms with Crippen molar-refractivity contribution in [2.75, 3.05) is 39.4 Å². The average molecular weight is 507 g/mol.